The van der Waals surface area contributed by atoms with Crippen LogP contribution in [-0.2, 0) is 21.4 Å². The van der Waals surface area contributed by atoms with E-state index in [1.165, 1.54) is 19.1 Å². The van der Waals surface area contributed by atoms with Gasteiger partial charge in [-0.2, -0.15) is 83.4 Å². The smallest absolute Gasteiger partial charge is 0.460 e. The topological polar surface area (TPSA) is 46.5 Å². The SMILES string of the molecule is Cc1cc(CCC(=O)OCC(F)(F)C(F)(F)C(F)(F)C(F)(F)C(F)(F)C(F)(F)C(F)(F)C(F)(F)C(F)(F)F)cc(C(C)(C)C)c1O. The summed E-state index contributed by atoms with van der Waals surface area (Å²) in [7, 11) is 0. The van der Waals surface area contributed by atoms with Crippen molar-refractivity contribution in [2.75, 3.05) is 6.61 Å². The zero-order valence-electron chi connectivity index (χ0n) is 23.2. The van der Waals surface area contributed by atoms with Gasteiger partial charge in [-0.05, 0) is 35.4 Å². The van der Waals surface area contributed by atoms with Crippen LogP contribution in [0.15, 0.2) is 12.1 Å². The van der Waals surface area contributed by atoms with Gasteiger partial charge in [-0.15, -0.1) is 0 Å². The molecule has 0 spiro atoms. The molecule has 0 bridgehead atoms. The van der Waals surface area contributed by atoms with Crippen molar-refractivity contribution in [1.29, 1.82) is 0 Å². The van der Waals surface area contributed by atoms with Crippen molar-refractivity contribution >= 4 is 5.97 Å². The predicted octanol–water partition coefficient (Wildman–Crippen LogP) is 9.12. The van der Waals surface area contributed by atoms with Crippen molar-refractivity contribution in [3.8, 4) is 5.75 Å². The van der Waals surface area contributed by atoms with E-state index in [9.17, 15) is 93.3 Å². The van der Waals surface area contributed by atoms with Crippen LogP contribution in [0.4, 0.5) is 83.4 Å². The first-order chi connectivity index (χ1) is 19.9. The number of halogens is 19. The number of aromatic hydroxyl groups is 1. The number of hydrogen-bond acceptors (Lipinski definition) is 3. The summed E-state index contributed by atoms with van der Waals surface area (Å²) in [6.07, 6.45) is -9.52. The van der Waals surface area contributed by atoms with Gasteiger partial charge in [0.25, 0.3) is 0 Å². The van der Waals surface area contributed by atoms with Gasteiger partial charge in [-0.25, -0.2) is 0 Å². The zero-order valence-corrected chi connectivity index (χ0v) is 23.2. The quantitative estimate of drug-likeness (QED) is 0.173. The summed E-state index contributed by atoms with van der Waals surface area (Å²) < 4.78 is 258. The van der Waals surface area contributed by atoms with Crippen LogP contribution in [0, 0.1) is 6.92 Å². The molecule has 1 N–H and O–H groups in total. The lowest BCUT2D eigenvalue weighted by Crippen LogP contribution is -2.76. The number of alkyl halides is 19. The van der Waals surface area contributed by atoms with Gasteiger partial charge >= 0.3 is 59.5 Å². The molecule has 0 heterocycles. The van der Waals surface area contributed by atoms with E-state index in [2.05, 4.69) is 4.74 Å². The Kier molecular flexibility index (Phi) is 10.5. The van der Waals surface area contributed by atoms with E-state index >= 15 is 0 Å². The molecule has 0 radical (unpaired) electrons. The molecular weight excluding hydrogens is 697 g/mol. The van der Waals surface area contributed by atoms with Crippen LogP contribution < -0.4 is 0 Å². The van der Waals surface area contributed by atoms with Crippen LogP contribution >= 0.6 is 0 Å². The second-order valence-corrected chi connectivity index (χ2v) is 10.9. The fourth-order valence-corrected chi connectivity index (χ4v) is 3.54. The second-order valence-electron chi connectivity index (χ2n) is 10.9. The number of carbonyl (C=O) groups excluding carboxylic acids is 1. The highest BCUT2D eigenvalue weighted by Gasteiger charge is 2.96. The monoisotopic (exact) mass is 718 g/mol. The minimum atomic E-state index is -9.02. The summed E-state index contributed by atoms with van der Waals surface area (Å²) in [5, 5.41) is 10.1. The fourth-order valence-electron chi connectivity index (χ4n) is 3.54. The first kappa shape index (κ1) is 41.2. The molecule has 1 aromatic carbocycles. The summed E-state index contributed by atoms with van der Waals surface area (Å²) in [6, 6.07) is 2.54. The van der Waals surface area contributed by atoms with Crippen LogP contribution in [0.25, 0.3) is 0 Å². The van der Waals surface area contributed by atoms with Crippen LogP contribution in [-0.4, -0.2) is 71.2 Å². The normalized spacial score (nSPS) is 15.3. The number of ether oxygens (including phenoxy) is 1. The molecule has 1 rings (SSSR count). The second kappa shape index (κ2) is 11.7. The molecular formula is C24H21F19O3. The van der Waals surface area contributed by atoms with Crippen molar-refractivity contribution in [3.63, 3.8) is 0 Å². The lowest BCUT2D eigenvalue weighted by molar-refractivity contribution is -0.469. The number of carbonyl (C=O) groups is 1. The Bertz CT molecular complexity index is 1280. The molecule has 0 saturated heterocycles. The summed E-state index contributed by atoms with van der Waals surface area (Å²) in [5.41, 5.74) is -0.0568. The highest BCUT2D eigenvalue weighted by molar-refractivity contribution is 5.69. The molecule has 1 aromatic rings. The van der Waals surface area contributed by atoms with Crippen LogP contribution in [0.5, 0.6) is 5.75 Å². The van der Waals surface area contributed by atoms with Crippen molar-refractivity contribution in [2.24, 2.45) is 0 Å². The Hall–Kier alpha value is -2.84. The molecule has 0 aliphatic rings. The van der Waals surface area contributed by atoms with Crippen molar-refractivity contribution in [2.45, 2.75) is 99.5 Å². The van der Waals surface area contributed by atoms with Crippen molar-refractivity contribution in [1.82, 2.24) is 0 Å². The minimum Gasteiger partial charge on any atom is -0.507 e. The van der Waals surface area contributed by atoms with E-state index in [-0.39, 0.29) is 22.4 Å². The lowest BCUT2D eigenvalue weighted by Gasteiger charge is -2.43. The number of rotatable bonds is 12. The van der Waals surface area contributed by atoms with Gasteiger partial charge in [0.2, 0.25) is 0 Å². The minimum absolute atomic E-state index is 0.163. The largest absolute Gasteiger partial charge is 0.507 e. The van der Waals surface area contributed by atoms with Crippen LogP contribution in [0.1, 0.15) is 43.9 Å². The Labute approximate surface area is 245 Å². The number of phenols is 1. The van der Waals surface area contributed by atoms with Gasteiger partial charge in [0.15, 0.2) is 6.61 Å². The number of aryl methyl sites for hydroxylation is 2. The molecule has 0 amide bonds. The number of hydrogen-bond donors (Lipinski definition) is 1. The van der Waals surface area contributed by atoms with E-state index in [1.54, 1.807) is 20.8 Å². The highest BCUT2D eigenvalue weighted by Crippen LogP contribution is 2.65. The van der Waals surface area contributed by atoms with Gasteiger partial charge in [-0.1, -0.05) is 32.9 Å². The summed E-state index contributed by atoms with van der Waals surface area (Å²) in [6.45, 7) is 2.88. The maximum absolute atomic E-state index is 14.0. The van der Waals surface area contributed by atoms with E-state index in [4.69, 9.17) is 0 Å². The number of phenolic OH excluding ortho intramolecular Hbond substituents is 1. The fraction of sp³-hybridized carbons (Fsp3) is 0.708. The van der Waals surface area contributed by atoms with Crippen molar-refractivity contribution in [3.05, 3.63) is 28.8 Å². The highest BCUT2D eigenvalue weighted by atomic mass is 19.4. The molecule has 3 nitrogen and oxygen atoms in total. The predicted molar refractivity (Wildman–Crippen MR) is 116 cm³/mol. The standard InChI is InChI=1S/C24H21F19O3/c1-10-7-11(8-12(14(10)45)15(2,3)4)5-6-13(44)46-9-16(25,26)17(27,28)18(29,30)19(31,32)20(33,34)21(35,36)22(37,38)23(39,40)24(41,42)43/h7-8,45H,5-6,9H2,1-4H3. The Morgan fingerprint density at radius 1 is 0.630 bits per heavy atom. The molecule has 268 valence electrons. The van der Waals surface area contributed by atoms with E-state index in [0.717, 1.165) is 0 Å². The Morgan fingerprint density at radius 2 is 1.00 bits per heavy atom. The average Bonchev–Trinajstić information content (AvgIpc) is 2.85. The molecule has 0 unspecified atom stereocenters. The third-order valence-electron chi connectivity index (χ3n) is 6.38. The van der Waals surface area contributed by atoms with Crippen molar-refractivity contribution < 1.29 is 98.1 Å². The van der Waals surface area contributed by atoms with Gasteiger partial charge in [0, 0.05) is 6.42 Å². The Morgan fingerprint density at radius 3 is 1.37 bits per heavy atom. The number of esters is 1. The van der Waals surface area contributed by atoms with Gasteiger partial charge in [0.1, 0.15) is 5.75 Å². The Balaban J connectivity index is 3.32. The molecule has 0 aliphatic heterocycles. The van der Waals surface area contributed by atoms with E-state index in [0.29, 0.717) is 0 Å². The summed E-state index contributed by atoms with van der Waals surface area (Å²) in [4.78, 5) is 11.8. The van der Waals surface area contributed by atoms with Crippen LogP contribution in [0.2, 0.25) is 0 Å². The molecule has 22 heteroatoms. The first-order valence-corrected chi connectivity index (χ1v) is 12.0. The summed E-state index contributed by atoms with van der Waals surface area (Å²) in [5.74, 6) is -69.9. The van der Waals surface area contributed by atoms with Crippen LogP contribution in [0.3, 0.4) is 0 Å². The summed E-state index contributed by atoms with van der Waals surface area (Å²) >= 11 is 0. The van der Waals surface area contributed by atoms with Gasteiger partial charge in [0.05, 0.1) is 0 Å². The number of benzene rings is 1. The molecule has 0 aromatic heterocycles. The maximum Gasteiger partial charge on any atom is 0.460 e. The van der Waals surface area contributed by atoms with E-state index < -0.39 is 84.4 Å². The third kappa shape index (κ3) is 6.36. The molecule has 0 aliphatic carbocycles. The first-order valence-electron chi connectivity index (χ1n) is 12.0. The molecule has 46 heavy (non-hydrogen) atoms. The molecule has 0 atom stereocenters. The molecule has 0 fully saturated rings. The third-order valence-corrected chi connectivity index (χ3v) is 6.38. The van der Waals surface area contributed by atoms with Gasteiger partial charge < -0.3 is 9.84 Å². The molecule has 0 saturated carbocycles. The maximum atomic E-state index is 14.0. The van der Waals surface area contributed by atoms with Gasteiger partial charge in [-0.3, -0.25) is 4.79 Å². The average molecular weight is 718 g/mol. The zero-order chi connectivity index (χ0) is 37.1. The lowest BCUT2D eigenvalue weighted by atomic mass is 9.83. The van der Waals surface area contributed by atoms with E-state index in [1.807, 2.05) is 0 Å².